The molecule has 1 heterocycles. The zero-order valence-corrected chi connectivity index (χ0v) is 11.7. The lowest BCUT2D eigenvalue weighted by Crippen LogP contribution is -2.61. The molecule has 0 saturated carbocycles. The van der Waals surface area contributed by atoms with E-state index in [9.17, 15) is 4.79 Å². The highest BCUT2D eigenvalue weighted by Crippen LogP contribution is 2.16. The molecule has 4 nitrogen and oxygen atoms in total. The van der Waals surface area contributed by atoms with E-state index in [-0.39, 0.29) is 5.91 Å². The van der Waals surface area contributed by atoms with Gasteiger partial charge in [-0.05, 0) is 26.7 Å². The molecule has 0 aromatic rings. The number of carbonyl (C=O) groups excluding carboxylic acids is 1. The topological polar surface area (TPSA) is 44.4 Å². The van der Waals surface area contributed by atoms with Gasteiger partial charge in [0.2, 0.25) is 5.91 Å². The number of amides is 1. The van der Waals surface area contributed by atoms with Crippen LogP contribution in [0.1, 0.15) is 40.5 Å². The summed E-state index contributed by atoms with van der Waals surface area (Å²) in [6.07, 6.45) is 2.00. The average molecular weight is 241 g/mol. The Labute approximate surface area is 105 Å². The average Bonchev–Trinajstić information content (AvgIpc) is 2.36. The zero-order chi connectivity index (χ0) is 12.9. The molecular weight excluding hydrogens is 214 g/mol. The van der Waals surface area contributed by atoms with Gasteiger partial charge in [0.1, 0.15) is 0 Å². The van der Waals surface area contributed by atoms with E-state index in [4.69, 9.17) is 0 Å². The minimum atomic E-state index is -0.398. The van der Waals surface area contributed by atoms with Crippen molar-refractivity contribution in [3.63, 3.8) is 0 Å². The van der Waals surface area contributed by atoms with Crippen LogP contribution in [-0.2, 0) is 4.79 Å². The fourth-order valence-electron chi connectivity index (χ4n) is 2.22. The van der Waals surface area contributed by atoms with Gasteiger partial charge < -0.3 is 10.6 Å². The Morgan fingerprint density at radius 1 is 1.29 bits per heavy atom. The minimum Gasteiger partial charge on any atom is -0.352 e. The lowest BCUT2D eigenvalue weighted by molar-refractivity contribution is -0.132. The second kappa shape index (κ2) is 6.36. The van der Waals surface area contributed by atoms with Crippen molar-refractivity contribution in [3.05, 3.63) is 0 Å². The van der Waals surface area contributed by atoms with Crippen molar-refractivity contribution < 1.29 is 4.79 Å². The molecule has 0 aromatic carbocycles. The lowest BCUT2D eigenvalue weighted by Gasteiger charge is -2.40. The SMILES string of the molecule is CCC(CC)NC(=O)C(C)(C)N1CCNCC1. The Morgan fingerprint density at radius 2 is 1.82 bits per heavy atom. The van der Waals surface area contributed by atoms with Crippen molar-refractivity contribution in [2.75, 3.05) is 26.2 Å². The van der Waals surface area contributed by atoms with E-state index in [1.165, 1.54) is 0 Å². The number of nitrogens with zero attached hydrogens (tertiary/aromatic N) is 1. The molecule has 0 aromatic heterocycles. The maximum atomic E-state index is 12.3. The van der Waals surface area contributed by atoms with Gasteiger partial charge >= 0.3 is 0 Å². The van der Waals surface area contributed by atoms with E-state index in [2.05, 4.69) is 29.4 Å². The molecule has 0 bridgehead atoms. The number of hydrogen-bond acceptors (Lipinski definition) is 3. The summed E-state index contributed by atoms with van der Waals surface area (Å²) in [6, 6.07) is 0.310. The molecule has 0 atom stereocenters. The van der Waals surface area contributed by atoms with Gasteiger partial charge in [0.15, 0.2) is 0 Å². The van der Waals surface area contributed by atoms with Gasteiger partial charge in [0, 0.05) is 32.2 Å². The number of nitrogens with one attached hydrogen (secondary N) is 2. The molecule has 4 heteroatoms. The summed E-state index contributed by atoms with van der Waals surface area (Å²) in [5, 5.41) is 6.47. The summed E-state index contributed by atoms with van der Waals surface area (Å²) < 4.78 is 0. The van der Waals surface area contributed by atoms with E-state index < -0.39 is 5.54 Å². The molecular formula is C13H27N3O. The summed E-state index contributed by atoms with van der Waals surface area (Å²) in [7, 11) is 0. The van der Waals surface area contributed by atoms with Crippen LogP contribution in [0.15, 0.2) is 0 Å². The molecule has 0 aliphatic carbocycles. The second-order valence-electron chi connectivity index (χ2n) is 5.28. The normalized spacial score (nSPS) is 18.4. The van der Waals surface area contributed by atoms with Crippen LogP contribution < -0.4 is 10.6 Å². The summed E-state index contributed by atoms with van der Waals surface area (Å²) in [5.74, 6) is 0.160. The summed E-state index contributed by atoms with van der Waals surface area (Å²) in [5.41, 5.74) is -0.398. The Kier molecular flexibility index (Phi) is 5.40. The second-order valence-corrected chi connectivity index (χ2v) is 5.28. The number of rotatable bonds is 5. The van der Waals surface area contributed by atoms with Gasteiger partial charge in [-0.15, -0.1) is 0 Å². The number of hydrogen-bond donors (Lipinski definition) is 2. The maximum absolute atomic E-state index is 12.3. The Bertz CT molecular complexity index is 243. The zero-order valence-electron chi connectivity index (χ0n) is 11.7. The fraction of sp³-hybridized carbons (Fsp3) is 0.923. The van der Waals surface area contributed by atoms with Gasteiger partial charge in [0.25, 0.3) is 0 Å². The summed E-state index contributed by atoms with van der Waals surface area (Å²) >= 11 is 0. The molecule has 2 N–H and O–H groups in total. The molecule has 1 saturated heterocycles. The van der Waals surface area contributed by atoms with Gasteiger partial charge in [-0.1, -0.05) is 13.8 Å². The highest BCUT2D eigenvalue weighted by atomic mass is 16.2. The molecule has 1 aliphatic rings. The molecule has 1 rings (SSSR count). The molecule has 1 aliphatic heterocycles. The highest BCUT2D eigenvalue weighted by Gasteiger charge is 2.35. The van der Waals surface area contributed by atoms with Crippen molar-refractivity contribution in [1.82, 2.24) is 15.5 Å². The van der Waals surface area contributed by atoms with E-state index in [0.717, 1.165) is 39.0 Å². The van der Waals surface area contributed by atoms with E-state index in [0.29, 0.717) is 6.04 Å². The van der Waals surface area contributed by atoms with E-state index >= 15 is 0 Å². The van der Waals surface area contributed by atoms with Crippen LogP contribution in [0.25, 0.3) is 0 Å². The Hall–Kier alpha value is -0.610. The Morgan fingerprint density at radius 3 is 2.29 bits per heavy atom. The van der Waals surface area contributed by atoms with Crippen LogP contribution in [0.4, 0.5) is 0 Å². The van der Waals surface area contributed by atoms with Crippen molar-refractivity contribution in [1.29, 1.82) is 0 Å². The molecule has 100 valence electrons. The third-order valence-corrected chi connectivity index (χ3v) is 3.78. The molecule has 0 radical (unpaired) electrons. The van der Waals surface area contributed by atoms with Gasteiger partial charge in [-0.2, -0.15) is 0 Å². The van der Waals surface area contributed by atoms with Crippen molar-refractivity contribution in [2.24, 2.45) is 0 Å². The predicted octanol–water partition coefficient (Wildman–Crippen LogP) is 0.975. The van der Waals surface area contributed by atoms with Crippen LogP contribution >= 0.6 is 0 Å². The van der Waals surface area contributed by atoms with E-state index in [1.54, 1.807) is 0 Å². The minimum absolute atomic E-state index is 0.160. The van der Waals surface area contributed by atoms with E-state index in [1.807, 2.05) is 13.8 Å². The molecule has 1 amide bonds. The molecule has 1 fully saturated rings. The predicted molar refractivity (Wildman–Crippen MR) is 71.0 cm³/mol. The van der Waals surface area contributed by atoms with Crippen LogP contribution in [-0.4, -0.2) is 48.6 Å². The van der Waals surface area contributed by atoms with Crippen molar-refractivity contribution >= 4 is 5.91 Å². The number of piperazine rings is 1. The first-order valence-electron chi connectivity index (χ1n) is 6.79. The fourth-order valence-corrected chi connectivity index (χ4v) is 2.22. The van der Waals surface area contributed by atoms with Crippen LogP contribution in [0.2, 0.25) is 0 Å². The van der Waals surface area contributed by atoms with Crippen LogP contribution in [0.3, 0.4) is 0 Å². The van der Waals surface area contributed by atoms with Crippen LogP contribution in [0.5, 0.6) is 0 Å². The van der Waals surface area contributed by atoms with Gasteiger partial charge in [-0.25, -0.2) is 0 Å². The molecule has 0 unspecified atom stereocenters. The quantitative estimate of drug-likeness (QED) is 0.754. The summed E-state index contributed by atoms with van der Waals surface area (Å²) in [6.45, 7) is 12.1. The van der Waals surface area contributed by atoms with Crippen LogP contribution in [0, 0.1) is 0 Å². The third kappa shape index (κ3) is 3.68. The summed E-state index contributed by atoms with van der Waals surface area (Å²) in [4.78, 5) is 14.6. The number of carbonyl (C=O) groups is 1. The highest BCUT2D eigenvalue weighted by molar-refractivity contribution is 5.85. The van der Waals surface area contributed by atoms with Crippen molar-refractivity contribution in [3.8, 4) is 0 Å². The molecule has 0 spiro atoms. The van der Waals surface area contributed by atoms with Crippen molar-refractivity contribution in [2.45, 2.75) is 52.1 Å². The standard InChI is InChI=1S/C13H27N3O/c1-5-11(6-2)15-12(17)13(3,4)16-9-7-14-8-10-16/h11,14H,5-10H2,1-4H3,(H,15,17). The lowest BCUT2D eigenvalue weighted by atomic mass is 9.99. The maximum Gasteiger partial charge on any atom is 0.240 e. The first kappa shape index (κ1) is 14.5. The monoisotopic (exact) mass is 241 g/mol. The molecule has 17 heavy (non-hydrogen) atoms. The third-order valence-electron chi connectivity index (χ3n) is 3.78. The first-order chi connectivity index (χ1) is 8.02. The van der Waals surface area contributed by atoms with Gasteiger partial charge in [-0.3, -0.25) is 9.69 Å². The first-order valence-corrected chi connectivity index (χ1v) is 6.79. The Balaban J connectivity index is 2.58. The van der Waals surface area contributed by atoms with Gasteiger partial charge in [0.05, 0.1) is 5.54 Å². The largest absolute Gasteiger partial charge is 0.352 e. The smallest absolute Gasteiger partial charge is 0.240 e.